The van der Waals surface area contributed by atoms with Gasteiger partial charge in [-0.05, 0) is 48.5 Å². The molecule has 3 heterocycles. The molecule has 1 fully saturated rings. The van der Waals surface area contributed by atoms with E-state index in [1.807, 2.05) is 18.0 Å². The van der Waals surface area contributed by atoms with Gasteiger partial charge >= 0.3 is 0 Å². The predicted molar refractivity (Wildman–Crippen MR) is 147 cm³/mol. The molecule has 1 saturated heterocycles. The number of hydrogen-bond acceptors (Lipinski definition) is 8. The number of aromatic nitrogens is 5. The first-order valence-corrected chi connectivity index (χ1v) is 12.9. The molecule has 2 aromatic carbocycles. The Morgan fingerprint density at radius 3 is 2.25 bits per heavy atom. The van der Waals surface area contributed by atoms with Gasteiger partial charge in [0.25, 0.3) is 0 Å². The highest BCUT2D eigenvalue weighted by Gasteiger charge is 2.24. The maximum atomic E-state index is 13.6. The third-order valence-corrected chi connectivity index (χ3v) is 6.78. The Hall–Kier alpha value is -4.45. The highest BCUT2D eigenvalue weighted by molar-refractivity contribution is 5.77. The summed E-state index contributed by atoms with van der Waals surface area (Å²) >= 11 is 0. The van der Waals surface area contributed by atoms with Crippen molar-refractivity contribution in [3.63, 3.8) is 0 Å². The van der Waals surface area contributed by atoms with Gasteiger partial charge < -0.3 is 19.4 Å². The maximum absolute atomic E-state index is 13.6. The minimum Gasteiger partial charge on any atom is -0.383 e. The van der Waals surface area contributed by atoms with E-state index in [1.165, 1.54) is 28.9 Å². The van der Waals surface area contributed by atoms with Gasteiger partial charge in [-0.1, -0.05) is 0 Å². The summed E-state index contributed by atoms with van der Waals surface area (Å²) in [6.07, 6.45) is 1.55. The zero-order valence-electron chi connectivity index (χ0n) is 22.4. The number of carbonyl (C=O) groups is 1. The third-order valence-electron chi connectivity index (χ3n) is 6.78. The van der Waals surface area contributed by atoms with Gasteiger partial charge in [0.15, 0.2) is 11.6 Å². The molecule has 0 aliphatic carbocycles. The topological polar surface area (TPSA) is 92.5 Å². The van der Waals surface area contributed by atoms with Crippen molar-refractivity contribution in [2.45, 2.75) is 6.54 Å². The van der Waals surface area contributed by atoms with E-state index in [-0.39, 0.29) is 24.1 Å². The number of halogens is 2. The Morgan fingerprint density at radius 1 is 0.950 bits per heavy atom. The van der Waals surface area contributed by atoms with Crippen molar-refractivity contribution in [1.82, 2.24) is 29.6 Å². The van der Waals surface area contributed by atoms with Gasteiger partial charge in [0.1, 0.15) is 36.1 Å². The monoisotopic (exact) mass is 548 g/mol. The standard InChI is InChI=1S/C28H30F2N8O2/c1-35(15-16-40-2)24-17-25(32-19-31-24)36-11-13-37(14-12-36)26(39)18-38-28(21-5-9-23(30)10-6-21)33-27(34-38)20-3-7-22(29)8-4-20/h3-10,17,19H,11-16,18H2,1-2H3. The molecule has 0 unspecified atom stereocenters. The molecular formula is C28H30F2N8O2. The van der Waals surface area contributed by atoms with Crippen LogP contribution in [0.3, 0.4) is 0 Å². The fraction of sp³-hybridized carbons (Fsp3) is 0.321. The molecule has 10 nitrogen and oxygen atoms in total. The lowest BCUT2D eigenvalue weighted by molar-refractivity contribution is -0.132. The molecule has 208 valence electrons. The molecule has 0 atom stereocenters. The van der Waals surface area contributed by atoms with Crippen molar-refractivity contribution in [3.8, 4) is 22.8 Å². The Labute approximate surface area is 230 Å². The fourth-order valence-corrected chi connectivity index (χ4v) is 4.46. The van der Waals surface area contributed by atoms with E-state index in [1.54, 1.807) is 42.6 Å². The minimum atomic E-state index is -0.375. The van der Waals surface area contributed by atoms with Crippen LogP contribution in [0.25, 0.3) is 22.8 Å². The summed E-state index contributed by atoms with van der Waals surface area (Å²) in [4.78, 5) is 32.7. The largest absolute Gasteiger partial charge is 0.383 e. The average molecular weight is 549 g/mol. The van der Waals surface area contributed by atoms with E-state index in [0.717, 1.165) is 11.6 Å². The van der Waals surface area contributed by atoms with Gasteiger partial charge in [0.2, 0.25) is 5.91 Å². The zero-order chi connectivity index (χ0) is 28.1. The molecule has 5 rings (SSSR count). The van der Waals surface area contributed by atoms with Crippen molar-refractivity contribution in [2.75, 3.05) is 63.3 Å². The second-order valence-corrected chi connectivity index (χ2v) is 9.45. The number of ether oxygens (including phenoxy) is 1. The van der Waals surface area contributed by atoms with Gasteiger partial charge in [-0.2, -0.15) is 0 Å². The summed E-state index contributed by atoms with van der Waals surface area (Å²) in [6.45, 7) is 3.53. The third kappa shape index (κ3) is 6.23. The summed E-state index contributed by atoms with van der Waals surface area (Å²) in [7, 11) is 3.62. The zero-order valence-corrected chi connectivity index (χ0v) is 22.4. The van der Waals surface area contributed by atoms with Crippen LogP contribution in [0.4, 0.5) is 20.4 Å². The first-order valence-electron chi connectivity index (χ1n) is 12.9. The van der Waals surface area contributed by atoms with Crippen LogP contribution in [0.5, 0.6) is 0 Å². The molecule has 4 aromatic rings. The van der Waals surface area contributed by atoms with Crippen LogP contribution in [0, 0.1) is 11.6 Å². The second kappa shape index (κ2) is 12.2. The molecule has 1 amide bonds. The van der Waals surface area contributed by atoms with Gasteiger partial charge in [-0.3, -0.25) is 4.79 Å². The lowest BCUT2D eigenvalue weighted by Crippen LogP contribution is -2.50. The SMILES string of the molecule is COCCN(C)c1cc(N2CCN(C(=O)Cn3nc(-c4ccc(F)cc4)nc3-c3ccc(F)cc3)CC2)ncn1. The number of piperazine rings is 1. The Morgan fingerprint density at radius 2 is 1.60 bits per heavy atom. The van der Waals surface area contributed by atoms with Crippen molar-refractivity contribution < 1.29 is 18.3 Å². The van der Waals surface area contributed by atoms with E-state index >= 15 is 0 Å². The predicted octanol–water partition coefficient (Wildman–Crippen LogP) is 3.11. The minimum absolute atomic E-state index is 0.0388. The number of carbonyl (C=O) groups excluding carboxylic acids is 1. The summed E-state index contributed by atoms with van der Waals surface area (Å²) in [5.41, 5.74) is 1.23. The maximum Gasteiger partial charge on any atom is 0.244 e. The van der Waals surface area contributed by atoms with Gasteiger partial charge in [-0.25, -0.2) is 28.4 Å². The van der Waals surface area contributed by atoms with E-state index < -0.39 is 0 Å². The average Bonchev–Trinajstić information content (AvgIpc) is 3.40. The van der Waals surface area contributed by atoms with Crippen molar-refractivity contribution in [2.24, 2.45) is 0 Å². The van der Waals surface area contributed by atoms with Gasteiger partial charge in [0, 0.05) is 64.1 Å². The molecule has 1 aliphatic heterocycles. The lowest BCUT2D eigenvalue weighted by atomic mass is 10.2. The molecule has 0 radical (unpaired) electrons. The normalized spacial score (nSPS) is 13.5. The van der Waals surface area contributed by atoms with Gasteiger partial charge in [0.05, 0.1) is 6.61 Å². The van der Waals surface area contributed by atoms with Crippen molar-refractivity contribution >= 4 is 17.5 Å². The van der Waals surface area contributed by atoms with E-state index in [4.69, 9.17) is 4.74 Å². The number of anilines is 2. The summed E-state index contributed by atoms with van der Waals surface area (Å²) < 4.78 is 33.7. The number of hydrogen-bond donors (Lipinski definition) is 0. The van der Waals surface area contributed by atoms with Crippen LogP contribution in [0.2, 0.25) is 0 Å². The van der Waals surface area contributed by atoms with Crippen LogP contribution in [-0.4, -0.2) is 89.0 Å². The quantitative estimate of drug-likeness (QED) is 0.315. The van der Waals surface area contributed by atoms with Crippen LogP contribution in [0.1, 0.15) is 0 Å². The number of rotatable bonds is 9. The smallest absolute Gasteiger partial charge is 0.244 e. The number of benzene rings is 2. The fourth-order valence-electron chi connectivity index (χ4n) is 4.46. The Balaban J connectivity index is 1.28. The van der Waals surface area contributed by atoms with E-state index in [2.05, 4.69) is 25.0 Å². The van der Waals surface area contributed by atoms with Crippen LogP contribution in [-0.2, 0) is 16.1 Å². The highest BCUT2D eigenvalue weighted by atomic mass is 19.1. The molecule has 1 aliphatic rings. The number of amides is 1. The summed E-state index contributed by atoms with van der Waals surface area (Å²) in [6, 6.07) is 13.6. The van der Waals surface area contributed by atoms with Crippen molar-refractivity contribution in [1.29, 1.82) is 0 Å². The molecule has 40 heavy (non-hydrogen) atoms. The Bertz CT molecular complexity index is 1440. The van der Waals surface area contributed by atoms with Crippen LogP contribution >= 0.6 is 0 Å². The molecule has 0 saturated carbocycles. The lowest BCUT2D eigenvalue weighted by Gasteiger charge is -2.35. The summed E-state index contributed by atoms with van der Waals surface area (Å²) in [5.74, 6) is 1.54. The number of likely N-dealkylation sites (N-methyl/N-ethyl adjacent to an activating group) is 1. The molecular weight excluding hydrogens is 518 g/mol. The first kappa shape index (κ1) is 27.1. The molecule has 12 heteroatoms. The number of methoxy groups -OCH3 is 1. The summed E-state index contributed by atoms with van der Waals surface area (Å²) in [5, 5.41) is 4.55. The highest BCUT2D eigenvalue weighted by Crippen LogP contribution is 2.24. The molecule has 0 spiro atoms. The van der Waals surface area contributed by atoms with Crippen LogP contribution < -0.4 is 9.80 Å². The first-order chi connectivity index (χ1) is 19.4. The molecule has 0 N–H and O–H groups in total. The Kier molecular flexibility index (Phi) is 8.25. The molecule has 0 bridgehead atoms. The van der Waals surface area contributed by atoms with E-state index in [0.29, 0.717) is 62.1 Å². The van der Waals surface area contributed by atoms with Crippen molar-refractivity contribution in [3.05, 3.63) is 72.6 Å². The number of nitrogens with zero attached hydrogens (tertiary/aromatic N) is 8. The van der Waals surface area contributed by atoms with Gasteiger partial charge in [-0.15, -0.1) is 5.10 Å². The van der Waals surface area contributed by atoms with E-state index in [9.17, 15) is 13.6 Å². The second-order valence-electron chi connectivity index (χ2n) is 9.45. The van der Waals surface area contributed by atoms with Crippen LogP contribution in [0.15, 0.2) is 60.9 Å². The molecule has 2 aromatic heterocycles.